The SMILES string of the molecule is Cc1ccc(CC(=O)N2CCN(Cc3csc(-c4ccc(C)cc4)n3)CC2)cc1. The zero-order valence-corrected chi connectivity index (χ0v) is 17.9. The third kappa shape index (κ3) is 5.11. The highest BCUT2D eigenvalue weighted by Gasteiger charge is 2.21. The van der Waals surface area contributed by atoms with Crippen molar-refractivity contribution < 1.29 is 4.79 Å². The van der Waals surface area contributed by atoms with Crippen molar-refractivity contribution in [3.63, 3.8) is 0 Å². The Morgan fingerprint density at radius 1 is 0.931 bits per heavy atom. The molecular weight excluding hydrogens is 378 g/mol. The Balaban J connectivity index is 1.28. The van der Waals surface area contributed by atoms with Gasteiger partial charge in [0.15, 0.2) is 0 Å². The van der Waals surface area contributed by atoms with Crippen molar-refractivity contribution in [3.05, 3.63) is 76.3 Å². The average Bonchev–Trinajstić information content (AvgIpc) is 3.19. The van der Waals surface area contributed by atoms with Gasteiger partial charge in [-0.3, -0.25) is 9.69 Å². The number of hydrogen-bond acceptors (Lipinski definition) is 4. The minimum atomic E-state index is 0.226. The van der Waals surface area contributed by atoms with E-state index in [9.17, 15) is 4.79 Å². The van der Waals surface area contributed by atoms with Gasteiger partial charge in [0.2, 0.25) is 5.91 Å². The molecule has 2 heterocycles. The highest BCUT2D eigenvalue weighted by molar-refractivity contribution is 7.13. The molecule has 2 aromatic carbocycles. The number of aromatic nitrogens is 1. The van der Waals surface area contributed by atoms with Gasteiger partial charge in [0.25, 0.3) is 0 Å². The molecule has 0 radical (unpaired) electrons. The van der Waals surface area contributed by atoms with Gasteiger partial charge in [0, 0.05) is 43.7 Å². The van der Waals surface area contributed by atoms with E-state index in [-0.39, 0.29) is 5.91 Å². The van der Waals surface area contributed by atoms with E-state index < -0.39 is 0 Å². The Morgan fingerprint density at radius 2 is 1.55 bits per heavy atom. The van der Waals surface area contributed by atoms with Gasteiger partial charge in [-0.15, -0.1) is 11.3 Å². The fourth-order valence-corrected chi connectivity index (χ4v) is 4.40. The molecule has 0 bridgehead atoms. The molecule has 1 amide bonds. The molecule has 1 saturated heterocycles. The minimum Gasteiger partial charge on any atom is -0.340 e. The van der Waals surface area contributed by atoms with Crippen LogP contribution in [0.1, 0.15) is 22.4 Å². The highest BCUT2D eigenvalue weighted by atomic mass is 32.1. The second-order valence-corrected chi connectivity index (χ2v) is 8.69. The third-order valence-electron chi connectivity index (χ3n) is 5.44. The summed E-state index contributed by atoms with van der Waals surface area (Å²) in [6, 6.07) is 16.8. The van der Waals surface area contributed by atoms with Crippen molar-refractivity contribution in [2.24, 2.45) is 0 Å². The molecule has 0 N–H and O–H groups in total. The van der Waals surface area contributed by atoms with E-state index in [2.05, 4.69) is 72.7 Å². The lowest BCUT2D eigenvalue weighted by Crippen LogP contribution is -2.48. The van der Waals surface area contributed by atoms with Crippen molar-refractivity contribution in [1.82, 2.24) is 14.8 Å². The van der Waals surface area contributed by atoms with Crippen molar-refractivity contribution in [3.8, 4) is 10.6 Å². The molecule has 1 aliphatic heterocycles. The second kappa shape index (κ2) is 8.89. The summed E-state index contributed by atoms with van der Waals surface area (Å²) in [5.41, 5.74) is 5.88. The number of amides is 1. The van der Waals surface area contributed by atoms with Gasteiger partial charge < -0.3 is 4.90 Å². The number of piperazine rings is 1. The van der Waals surface area contributed by atoms with Crippen molar-refractivity contribution in [1.29, 1.82) is 0 Å². The number of benzene rings is 2. The van der Waals surface area contributed by atoms with Crippen molar-refractivity contribution >= 4 is 17.2 Å². The largest absolute Gasteiger partial charge is 0.340 e. The van der Waals surface area contributed by atoms with Crippen LogP contribution in [0.25, 0.3) is 10.6 Å². The summed E-state index contributed by atoms with van der Waals surface area (Å²) in [5, 5.41) is 3.23. The lowest BCUT2D eigenvalue weighted by molar-refractivity contribution is -0.132. The first kappa shape index (κ1) is 19.8. The first-order valence-electron chi connectivity index (χ1n) is 10.1. The first-order valence-corrected chi connectivity index (χ1v) is 11.0. The maximum Gasteiger partial charge on any atom is 0.227 e. The molecule has 0 spiro atoms. The van der Waals surface area contributed by atoms with Crippen LogP contribution in [0.3, 0.4) is 0 Å². The van der Waals surface area contributed by atoms with Gasteiger partial charge in [0.1, 0.15) is 5.01 Å². The number of carbonyl (C=O) groups excluding carboxylic acids is 1. The Morgan fingerprint density at radius 3 is 2.21 bits per heavy atom. The van der Waals surface area contributed by atoms with Gasteiger partial charge in [-0.25, -0.2) is 4.98 Å². The average molecular weight is 406 g/mol. The lowest BCUT2D eigenvalue weighted by Gasteiger charge is -2.34. The van der Waals surface area contributed by atoms with E-state index in [1.807, 2.05) is 4.90 Å². The maximum atomic E-state index is 12.6. The van der Waals surface area contributed by atoms with Crippen LogP contribution < -0.4 is 0 Å². The van der Waals surface area contributed by atoms with E-state index in [0.717, 1.165) is 49.0 Å². The Labute approximate surface area is 176 Å². The van der Waals surface area contributed by atoms with E-state index in [4.69, 9.17) is 4.98 Å². The fraction of sp³-hybridized carbons (Fsp3) is 0.333. The van der Waals surface area contributed by atoms with Crippen LogP contribution >= 0.6 is 11.3 Å². The number of thiazole rings is 1. The van der Waals surface area contributed by atoms with Crippen LogP contribution in [-0.4, -0.2) is 46.9 Å². The van der Waals surface area contributed by atoms with E-state index in [1.165, 1.54) is 16.7 Å². The van der Waals surface area contributed by atoms with E-state index in [0.29, 0.717) is 6.42 Å². The van der Waals surface area contributed by atoms with Crippen molar-refractivity contribution in [2.45, 2.75) is 26.8 Å². The molecule has 150 valence electrons. The van der Waals surface area contributed by atoms with Gasteiger partial charge >= 0.3 is 0 Å². The van der Waals surface area contributed by atoms with Gasteiger partial charge in [-0.2, -0.15) is 0 Å². The number of rotatable bonds is 5. The van der Waals surface area contributed by atoms with Gasteiger partial charge in [-0.1, -0.05) is 59.7 Å². The predicted molar refractivity (Wildman–Crippen MR) is 119 cm³/mol. The summed E-state index contributed by atoms with van der Waals surface area (Å²) in [4.78, 5) is 21.8. The summed E-state index contributed by atoms with van der Waals surface area (Å²) in [6.07, 6.45) is 0.492. The molecule has 3 aromatic rings. The topological polar surface area (TPSA) is 36.4 Å². The monoisotopic (exact) mass is 405 g/mol. The summed E-state index contributed by atoms with van der Waals surface area (Å²) in [7, 11) is 0. The predicted octanol–water partition coefficient (Wildman–Crippen LogP) is 4.31. The van der Waals surface area contributed by atoms with E-state index in [1.54, 1.807) is 11.3 Å². The minimum absolute atomic E-state index is 0.226. The molecule has 0 saturated carbocycles. The number of nitrogens with zero attached hydrogens (tertiary/aromatic N) is 3. The number of hydrogen-bond donors (Lipinski definition) is 0. The fourth-order valence-electron chi connectivity index (χ4n) is 3.59. The van der Waals surface area contributed by atoms with Crippen LogP contribution in [0.15, 0.2) is 53.9 Å². The molecule has 0 unspecified atom stereocenters. The molecule has 1 aliphatic rings. The van der Waals surface area contributed by atoms with Crippen molar-refractivity contribution in [2.75, 3.05) is 26.2 Å². The Kier molecular flexibility index (Phi) is 6.07. The van der Waals surface area contributed by atoms with Crippen LogP contribution in [0, 0.1) is 13.8 Å². The van der Waals surface area contributed by atoms with E-state index >= 15 is 0 Å². The molecule has 4 nitrogen and oxygen atoms in total. The lowest BCUT2D eigenvalue weighted by atomic mass is 10.1. The summed E-state index contributed by atoms with van der Waals surface area (Å²) in [6.45, 7) is 8.40. The molecule has 29 heavy (non-hydrogen) atoms. The Bertz CT molecular complexity index is 955. The van der Waals surface area contributed by atoms with Crippen LogP contribution in [-0.2, 0) is 17.8 Å². The molecule has 1 fully saturated rings. The molecule has 5 heteroatoms. The molecule has 0 atom stereocenters. The molecular formula is C24H27N3OS. The standard InChI is InChI=1S/C24H27N3OS/c1-18-3-7-20(8-4-18)15-23(28)27-13-11-26(12-14-27)16-22-17-29-24(25-22)21-9-5-19(2)6-10-21/h3-10,17H,11-16H2,1-2H3. The summed E-state index contributed by atoms with van der Waals surface area (Å²) < 4.78 is 0. The smallest absolute Gasteiger partial charge is 0.227 e. The molecule has 0 aliphatic carbocycles. The Hall–Kier alpha value is -2.50. The maximum absolute atomic E-state index is 12.6. The first-order chi connectivity index (χ1) is 14.1. The van der Waals surface area contributed by atoms with Gasteiger partial charge in [0.05, 0.1) is 12.1 Å². The molecule has 1 aromatic heterocycles. The second-order valence-electron chi connectivity index (χ2n) is 7.83. The highest BCUT2D eigenvalue weighted by Crippen LogP contribution is 2.24. The normalized spacial score (nSPS) is 14.9. The van der Waals surface area contributed by atoms with Gasteiger partial charge in [-0.05, 0) is 19.4 Å². The zero-order chi connectivity index (χ0) is 20.2. The van der Waals surface area contributed by atoms with Crippen LogP contribution in [0.4, 0.5) is 0 Å². The number of aryl methyl sites for hydroxylation is 2. The van der Waals surface area contributed by atoms with Crippen LogP contribution in [0.5, 0.6) is 0 Å². The van der Waals surface area contributed by atoms with Crippen LogP contribution in [0.2, 0.25) is 0 Å². The number of carbonyl (C=O) groups is 1. The third-order valence-corrected chi connectivity index (χ3v) is 6.38. The summed E-state index contributed by atoms with van der Waals surface area (Å²) >= 11 is 1.70. The molecule has 4 rings (SSSR count). The zero-order valence-electron chi connectivity index (χ0n) is 17.1. The quantitative estimate of drug-likeness (QED) is 0.635. The summed E-state index contributed by atoms with van der Waals surface area (Å²) in [5.74, 6) is 0.226.